The number of esters is 1. The molecule has 0 saturated heterocycles. The van der Waals surface area contributed by atoms with E-state index in [0.29, 0.717) is 5.57 Å². The number of carbonyl (C=O) groups is 2. The number of benzene rings is 1. The van der Waals surface area contributed by atoms with E-state index in [-0.39, 0.29) is 17.1 Å². The molecular formula is C20H16N2O6S2. The first kappa shape index (κ1) is 21.2. The Hall–Kier alpha value is -3.50. The third kappa shape index (κ3) is 5.31. The Balaban J connectivity index is 1.67. The summed E-state index contributed by atoms with van der Waals surface area (Å²) in [6.45, 7) is -0.522. The molecular weight excluding hydrogens is 428 g/mol. The number of rotatable bonds is 8. The van der Waals surface area contributed by atoms with Gasteiger partial charge in [-0.2, -0.15) is 0 Å². The van der Waals surface area contributed by atoms with E-state index in [0.717, 1.165) is 9.75 Å². The van der Waals surface area contributed by atoms with Gasteiger partial charge in [0, 0.05) is 15.8 Å². The molecule has 3 rings (SSSR count). The van der Waals surface area contributed by atoms with Crippen LogP contribution in [-0.2, 0) is 14.3 Å². The second-order valence-electron chi connectivity index (χ2n) is 5.82. The monoisotopic (exact) mass is 444 g/mol. The largest absolute Gasteiger partial charge is 0.494 e. The van der Waals surface area contributed by atoms with Gasteiger partial charge in [0.15, 0.2) is 6.61 Å². The molecule has 1 aromatic carbocycles. The van der Waals surface area contributed by atoms with Gasteiger partial charge in [0.1, 0.15) is 5.75 Å². The van der Waals surface area contributed by atoms with E-state index in [1.165, 1.54) is 48.0 Å². The van der Waals surface area contributed by atoms with Gasteiger partial charge >= 0.3 is 5.97 Å². The average Bonchev–Trinajstić information content (AvgIpc) is 3.44. The number of nitro groups is 1. The summed E-state index contributed by atoms with van der Waals surface area (Å²) in [5.74, 6) is -1.10. The zero-order valence-corrected chi connectivity index (χ0v) is 17.3. The molecule has 0 fully saturated rings. The predicted molar refractivity (Wildman–Crippen MR) is 116 cm³/mol. The summed E-state index contributed by atoms with van der Waals surface area (Å²) in [5, 5.41) is 17.1. The number of thiophene rings is 2. The van der Waals surface area contributed by atoms with Crippen LogP contribution in [0.5, 0.6) is 5.75 Å². The van der Waals surface area contributed by atoms with Crippen LogP contribution in [0.2, 0.25) is 0 Å². The van der Waals surface area contributed by atoms with Crippen molar-refractivity contribution >= 4 is 57.6 Å². The van der Waals surface area contributed by atoms with Gasteiger partial charge in [-0.05, 0) is 35.0 Å². The molecule has 0 atom stereocenters. The van der Waals surface area contributed by atoms with Crippen molar-refractivity contribution in [3.05, 3.63) is 73.1 Å². The number of nitrogens with one attached hydrogen (secondary N) is 1. The Morgan fingerprint density at radius 3 is 2.57 bits per heavy atom. The predicted octanol–water partition coefficient (Wildman–Crippen LogP) is 4.45. The van der Waals surface area contributed by atoms with Crippen LogP contribution in [0.25, 0.3) is 11.6 Å². The molecule has 0 bridgehead atoms. The molecule has 0 aliphatic heterocycles. The molecule has 30 heavy (non-hydrogen) atoms. The topological polar surface area (TPSA) is 108 Å². The Morgan fingerprint density at radius 2 is 1.93 bits per heavy atom. The van der Waals surface area contributed by atoms with E-state index in [4.69, 9.17) is 9.47 Å². The summed E-state index contributed by atoms with van der Waals surface area (Å²) in [7, 11) is 1.33. The van der Waals surface area contributed by atoms with Gasteiger partial charge in [0.05, 0.1) is 29.4 Å². The van der Waals surface area contributed by atoms with Crippen molar-refractivity contribution in [3.63, 3.8) is 0 Å². The number of carbonyl (C=O) groups excluding carboxylic acids is 2. The molecule has 0 radical (unpaired) electrons. The minimum atomic E-state index is -0.628. The van der Waals surface area contributed by atoms with Crippen molar-refractivity contribution in [2.75, 3.05) is 19.0 Å². The fraction of sp³-hybridized carbons (Fsp3) is 0.100. The summed E-state index contributed by atoms with van der Waals surface area (Å²) in [6.07, 6.45) is 1.72. The average molecular weight is 444 g/mol. The van der Waals surface area contributed by atoms with Crippen LogP contribution in [0, 0.1) is 10.1 Å². The number of hydrogen-bond donors (Lipinski definition) is 1. The van der Waals surface area contributed by atoms with E-state index in [2.05, 4.69) is 5.32 Å². The van der Waals surface area contributed by atoms with Gasteiger partial charge < -0.3 is 14.8 Å². The lowest BCUT2D eigenvalue weighted by Crippen LogP contribution is -2.21. The van der Waals surface area contributed by atoms with Crippen molar-refractivity contribution in [1.82, 2.24) is 0 Å². The standard InChI is InChI=1S/C20H16N2O6S2/c1-27-17-10-13(22(25)26)6-7-16(17)21-19(23)12-28-20(24)15(18-5-3-9-30-18)11-14-4-2-8-29-14/h2-11H,12H2,1H3,(H,21,23)/b15-11+. The van der Waals surface area contributed by atoms with E-state index in [1.54, 1.807) is 12.1 Å². The van der Waals surface area contributed by atoms with Gasteiger partial charge in [-0.1, -0.05) is 12.1 Å². The summed E-state index contributed by atoms with van der Waals surface area (Å²) < 4.78 is 10.3. The summed E-state index contributed by atoms with van der Waals surface area (Å²) in [4.78, 5) is 36.7. The molecule has 2 aromatic heterocycles. The number of non-ortho nitro benzene ring substituents is 1. The zero-order chi connectivity index (χ0) is 21.5. The third-order valence-corrected chi connectivity index (χ3v) is 5.56. The highest BCUT2D eigenvalue weighted by molar-refractivity contribution is 7.12. The molecule has 154 valence electrons. The Morgan fingerprint density at radius 1 is 1.17 bits per heavy atom. The van der Waals surface area contributed by atoms with Crippen molar-refractivity contribution < 1.29 is 24.0 Å². The molecule has 0 spiro atoms. The number of anilines is 1. The van der Waals surface area contributed by atoms with Gasteiger partial charge in [-0.25, -0.2) is 4.79 Å². The number of amides is 1. The molecule has 0 unspecified atom stereocenters. The third-order valence-electron chi connectivity index (χ3n) is 3.84. The number of hydrogen-bond acceptors (Lipinski definition) is 8. The molecule has 2 heterocycles. The molecule has 10 heteroatoms. The molecule has 1 amide bonds. The van der Waals surface area contributed by atoms with E-state index < -0.39 is 23.4 Å². The van der Waals surface area contributed by atoms with E-state index in [9.17, 15) is 19.7 Å². The normalized spacial score (nSPS) is 11.0. The van der Waals surface area contributed by atoms with Crippen molar-refractivity contribution in [3.8, 4) is 5.75 Å². The molecule has 0 saturated carbocycles. The number of ether oxygens (including phenoxy) is 2. The summed E-state index contributed by atoms with van der Waals surface area (Å²) in [5.41, 5.74) is 0.417. The molecule has 1 N–H and O–H groups in total. The van der Waals surface area contributed by atoms with Gasteiger partial charge in [-0.3, -0.25) is 14.9 Å². The Bertz CT molecular complexity index is 1070. The van der Waals surface area contributed by atoms with Crippen molar-refractivity contribution in [2.24, 2.45) is 0 Å². The maximum Gasteiger partial charge on any atom is 0.340 e. The fourth-order valence-electron chi connectivity index (χ4n) is 2.47. The quantitative estimate of drug-likeness (QED) is 0.238. The highest BCUT2D eigenvalue weighted by Crippen LogP contribution is 2.29. The Kier molecular flexibility index (Phi) is 6.94. The van der Waals surface area contributed by atoms with Crippen LogP contribution >= 0.6 is 22.7 Å². The van der Waals surface area contributed by atoms with Crippen LogP contribution in [0.1, 0.15) is 9.75 Å². The SMILES string of the molecule is COc1cc([N+](=O)[O-])ccc1NC(=O)COC(=O)/C(=C/c1cccs1)c1cccs1. The molecule has 8 nitrogen and oxygen atoms in total. The second-order valence-corrected chi connectivity index (χ2v) is 7.74. The lowest BCUT2D eigenvalue weighted by molar-refractivity contribution is -0.384. The minimum absolute atomic E-state index is 0.126. The molecule has 3 aromatic rings. The van der Waals surface area contributed by atoms with Gasteiger partial charge in [-0.15, -0.1) is 22.7 Å². The fourth-order valence-corrected chi connectivity index (χ4v) is 3.86. The molecule has 0 aliphatic carbocycles. The summed E-state index contributed by atoms with van der Waals surface area (Å²) in [6, 6.07) is 11.2. The van der Waals surface area contributed by atoms with Crippen LogP contribution in [-0.4, -0.2) is 30.5 Å². The van der Waals surface area contributed by atoms with E-state index in [1.807, 2.05) is 29.0 Å². The van der Waals surface area contributed by atoms with Crippen molar-refractivity contribution in [2.45, 2.75) is 0 Å². The lowest BCUT2D eigenvalue weighted by Gasteiger charge is -2.11. The van der Waals surface area contributed by atoms with Gasteiger partial charge in [0.25, 0.3) is 11.6 Å². The van der Waals surface area contributed by atoms with Crippen molar-refractivity contribution in [1.29, 1.82) is 0 Å². The number of nitro benzene ring substituents is 1. The Labute approximate surface area is 179 Å². The maximum atomic E-state index is 12.6. The first-order valence-corrected chi connectivity index (χ1v) is 10.3. The van der Waals surface area contributed by atoms with E-state index >= 15 is 0 Å². The smallest absolute Gasteiger partial charge is 0.340 e. The first-order chi connectivity index (χ1) is 14.5. The summed E-state index contributed by atoms with van der Waals surface area (Å²) >= 11 is 2.87. The highest BCUT2D eigenvalue weighted by atomic mass is 32.1. The first-order valence-electron chi connectivity index (χ1n) is 8.56. The number of methoxy groups -OCH3 is 1. The minimum Gasteiger partial charge on any atom is -0.494 e. The van der Waals surface area contributed by atoms with Gasteiger partial charge in [0.2, 0.25) is 0 Å². The van der Waals surface area contributed by atoms with Crippen LogP contribution in [0.15, 0.2) is 53.2 Å². The second kappa shape index (κ2) is 9.81. The van der Waals surface area contributed by atoms with Crippen LogP contribution in [0.4, 0.5) is 11.4 Å². The highest BCUT2D eigenvalue weighted by Gasteiger charge is 2.18. The number of nitrogens with zero attached hydrogens (tertiary/aromatic N) is 1. The zero-order valence-electron chi connectivity index (χ0n) is 15.7. The lowest BCUT2D eigenvalue weighted by atomic mass is 10.2. The maximum absolute atomic E-state index is 12.6. The molecule has 0 aliphatic rings. The van der Waals surface area contributed by atoms with Crippen LogP contribution < -0.4 is 10.1 Å². The van der Waals surface area contributed by atoms with Crippen LogP contribution in [0.3, 0.4) is 0 Å².